The molecule has 0 aliphatic carbocycles. The van der Waals surface area contributed by atoms with E-state index in [9.17, 15) is 9.59 Å². The molecule has 0 atom stereocenters. The number of para-hydroxylation sites is 1. The highest BCUT2D eigenvalue weighted by atomic mass is 35.5. The highest BCUT2D eigenvalue weighted by Crippen LogP contribution is 2.25. The lowest BCUT2D eigenvalue weighted by Gasteiger charge is -2.09. The van der Waals surface area contributed by atoms with Crippen LogP contribution in [0.5, 0.6) is 0 Å². The number of carbonyl (C=O) groups excluding carboxylic acids is 1. The molecular weight excluding hydrogens is 337 g/mol. The number of aromatic nitrogens is 2. The Morgan fingerprint density at radius 2 is 1.87 bits per heavy atom. The van der Waals surface area contributed by atoms with Gasteiger partial charge in [0.25, 0.3) is 5.91 Å². The van der Waals surface area contributed by atoms with Gasteiger partial charge in [0, 0.05) is 18.1 Å². The molecule has 3 rings (SSSR count). The van der Waals surface area contributed by atoms with E-state index in [0.717, 1.165) is 0 Å². The maximum absolute atomic E-state index is 12.4. The van der Waals surface area contributed by atoms with Crippen LogP contribution in [-0.4, -0.2) is 15.7 Å². The van der Waals surface area contributed by atoms with E-state index in [-0.39, 0.29) is 5.69 Å². The number of carbonyl (C=O) groups is 1. The van der Waals surface area contributed by atoms with Gasteiger partial charge in [-0.3, -0.25) is 14.3 Å². The molecule has 2 aromatic carbocycles. The first-order valence-electron chi connectivity index (χ1n) is 6.70. The predicted molar refractivity (Wildman–Crippen MR) is 91.4 cm³/mol. The molecule has 0 saturated heterocycles. The van der Waals surface area contributed by atoms with Crippen molar-refractivity contribution in [2.24, 2.45) is 7.05 Å². The average Bonchev–Trinajstić information content (AvgIpc) is 2.54. The molecule has 0 unspecified atom stereocenters. The smallest absolute Gasteiger partial charge is 0.280 e. The highest BCUT2D eigenvalue weighted by Gasteiger charge is 2.16. The Bertz CT molecular complexity index is 983. The number of hydrogen-bond acceptors (Lipinski definition) is 3. The summed E-state index contributed by atoms with van der Waals surface area (Å²) < 4.78 is 1.50. The summed E-state index contributed by atoms with van der Waals surface area (Å²) in [5.74, 6) is -0.602. The van der Waals surface area contributed by atoms with E-state index in [2.05, 4.69) is 10.4 Å². The molecule has 0 spiro atoms. The number of anilines is 1. The van der Waals surface area contributed by atoms with E-state index < -0.39 is 11.3 Å². The van der Waals surface area contributed by atoms with Gasteiger partial charge in [0.15, 0.2) is 5.69 Å². The Morgan fingerprint density at radius 3 is 2.61 bits per heavy atom. The van der Waals surface area contributed by atoms with Gasteiger partial charge in [-0.1, -0.05) is 35.3 Å². The minimum Gasteiger partial charge on any atom is -0.320 e. The summed E-state index contributed by atoms with van der Waals surface area (Å²) in [5, 5.41) is 7.79. The van der Waals surface area contributed by atoms with E-state index in [0.29, 0.717) is 26.6 Å². The minimum absolute atomic E-state index is 0.183. The molecule has 3 aromatic rings. The Morgan fingerprint density at radius 1 is 1.13 bits per heavy atom. The summed E-state index contributed by atoms with van der Waals surface area (Å²) in [4.78, 5) is 24.8. The summed E-state index contributed by atoms with van der Waals surface area (Å²) in [6, 6.07) is 11.6. The van der Waals surface area contributed by atoms with Crippen molar-refractivity contribution in [1.82, 2.24) is 9.78 Å². The van der Waals surface area contributed by atoms with Crippen LogP contribution in [0.4, 0.5) is 5.69 Å². The van der Waals surface area contributed by atoms with Crippen LogP contribution < -0.4 is 10.7 Å². The van der Waals surface area contributed by atoms with Crippen LogP contribution in [0.15, 0.2) is 47.3 Å². The number of hydrogen-bond donors (Lipinski definition) is 1. The van der Waals surface area contributed by atoms with Crippen molar-refractivity contribution in [2.75, 3.05) is 5.32 Å². The van der Waals surface area contributed by atoms with Crippen LogP contribution in [0.1, 0.15) is 10.5 Å². The SMILES string of the molecule is Cn1nc(C(=O)Nc2ccc(Cl)c(Cl)c2)c(=O)c2ccccc21. The third kappa shape index (κ3) is 2.93. The zero-order valence-electron chi connectivity index (χ0n) is 12.0. The number of halogens is 2. The maximum atomic E-state index is 12.4. The van der Waals surface area contributed by atoms with Gasteiger partial charge in [0.2, 0.25) is 5.43 Å². The maximum Gasteiger partial charge on any atom is 0.280 e. The fraction of sp³-hybridized carbons (Fsp3) is 0.0625. The molecule has 5 nitrogen and oxygen atoms in total. The van der Waals surface area contributed by atoms with Gasteiger partial charge in [-0.05, 0) is 30.3 Å². The second kappa shape index (κ2) is 6.02. The van der Waals surface area contributed by atoms with Crippen LogP contribution in [0.3, 0.4) is 0 Å². The fourth-order valence-corrected chi connectivity index (χ4v) is 2.54. The molecule has 7 heteroatoms. The summed E-state index contributed by atoms with van der Waals surface area (Å²) in [6.45, 7) is 0. The van der Waals surface area contributed by atoms with Gasteiger partial charge in [-0.2, -0.15) is 5.10 Å². The molecule has 1 N–H and O–H groups in total. The van der Waals surface area contributed by atoms with Crippen molar-refractivity contribution in [3.63, 3.8) is 0 Å². The van der Waals surface area contributed by atoms with Crippen molar-refractivity contribution in [2.45, 2.75) is 0 Å². The molecule has 116 valence electrons. The van der Waals surface area contributed by atoms with E-state index in [1.54, 1.807) is 43.4 Å². The summed E-state index contributed by atoms with van der Waals surface area (Å²) in [7, 11) is 1.68. The average molecular weight is 348 g/mol. The molecular formula is C16H11Cl2N3O2. The molecule has 0 bridgehead atoms. The van der Waals surface area contributed by atoms with Crippen molar-refractivity contribution in [3.8, 4) is 0 Å². The minimum atomic E-state index is -0.602. The van der Waals surface area contributed by atoms with E-state index >= 15 is 0 Å². The van der Waals surface area contributed by atoms with E-state index in [1.165, 1.54) is 10.7 Å². The number of nitrogens with one attached hydrogen (secondary N) is 1. The first-order chi connectivity index (χ1) is 11.0. The van der Waals surface area contributed by atoms with Crippen LogP contribution in [0, 0.1) is 0 Å². The van der Waals surface area contributed by atoms with Gasteiger partial charge < -0.3 is 5.32 Å². The molecule has 23 heavy (non-hydrogen) atoms. The standard InChI is InChI=1S/C16H11Cl2N3O2/c1-21-13-5-3-2-4-10(13)15(22)14(20-21)16(23)19-9-6-7-11(17)12(18)8-9/h2-8H,1H3,(H,19,23). The third-order valence-corrected chi connectivity index (χ3v) is 4.09. The highest BCUT2D eigenvalue weighted by molar-refractivity contribution is 6.42. The molecule has 1 aromatic heterocycles. The van der Waals surface area contributed by atoms with Crippen molar-refractivity contribution >= 4 is 45.7 Å². The zero-order valence-corrected chi connectivity index (χ0v) is 13.5. The number of amides is 1. The van der Waals surface area contributed by atoms with Crippen molar-refractivity contribution < 1.29 is 4.79 Å². The van der Waals surface area contributed by atoms with Gasteiger partial charge >= 0.3 is 0 Å². The zero-order chi connectivity index (χ0) is 16.6. The molecule has 1 heterocycles. The topological polar surface area (TPSA) is 64.0 Å². The lowest BCUT2D eigenvalue weighted by Crippen LogP contribution is -2.26. The van der Waals surface area contributed by atoms with Gasteiger partial charge in [-0.15, -0.1) is 0 Å². The van der Waals surface area contributed by atoms with Crippen LogP contribution >= 0.6 is 23.2 Å². The van der Waals surface area contributed by atoms with Crippen molar-refractivity contribution in [3.05, 3.63) is 68.4 Å². The van der Waals surface area contributed by atoms with Gasteiger partial charge in [0.1, 0.15) is 0 Å². The van der Waals surface area contributed by atoms with E-state index in [4.69, 9.17) is 23.2 Å². The van der Waals surface area contributed by atoms with Crippen LogP contribution in [0.25, 0.3) is 10.9 Å². The van der Waals surface area contributed by atoms with Crippen molar-refractivity contribution in [1.29, 1.82) is 0 Å². The molecule has 0 aliphatic heterocycles. The molecule has 0 aliphatic rings. The Balaban J connectivity index is 2.02. The lowest BCUT2D eigenvalue weighted by atomic mass is 10.2. The number of benzene rings is 2. The molecule has 0 radical (unpaired) electrons. The predicted octanol–water partition coefficient (Wildman–Crippen LogP) is 3.49. The Kier molecular flexibility index (Phi) is 4.07. The second-order valence-electron chi connectivity index (χ2n) is 4.90. The fourth-order valence-electron chi connectivity index (χ4n) is 2.24. The summed E-state index contributed by atoms with van der Waals surface area (Å²) in [6.07, 6.45) is 0. The Labute approximate surface area is 141 Å². The number of aryl methyl sites for hydroxylation is 1. The lowest BCUT2D eigenvalue weighted by molar-refractivity contribution is 0.101. The quantitative estimate of drug-likeness (QED) is 0.771. The molecule has 1 amide bonds. The summed E-state index contributed by atoms with van der Waals surface area (Å²) >= 11 is 11.7. The molecule has 0 fully saturated rings. The number of fused-ring (bicyclic) bond motifs is 1. The molecule has 0 saturated carbocycles. The third-order valence-electron chi connectivity index (χ3n) is 3.35. The van der Waals surface area contributed by atoms with Gasteiger partial charge in [-0.25, -0.2) is 0 Å². The van der Waals surface area contributed by atoms with Crippen LogP contribution in [0.2, 0.25) is 10.0 Å². The number of rotatable bonds is 2. The monoisotopic (exact) mass is 347 g/mol. The number of nitrogens with zero attached hydrogens (tertiary/aromatic N) is 2. The second-order valence-corrected chi connectivity index (χ2v) is 5.72. The van der Waals surface area contributed by atoms with E-state index in [1.807, 2.05) is 0 Å². The Hall–Kier alpha value is -2.37. The normalized spacial score (nSPS) is 10.7. The summed E-state index contributed by atoms with van der Waals surface area (Å²) in [5.41, 5.74) is 0.485. The van der Waals surface area contributed by atoms with Gasteiger partial charge in [0.05, 0.1) is 15.6 Å². The largest absolute Gasteiger partial charge is 0.320 e. The van der Waals surface area contributed by atoms with Crippen LogP contribution in [-0.2, 0) is 7.05 Å². The first kappa shape index (κ1) is 15.5. The first-order valence-corrected chi connectivity index (χ1v) is 7.45.